The van der Waals surface area contributed by atoms with Gasteiger partial charge in [-0.15, -0.1) is 0 Å². The van der Waals surface area contributed by atoms with Crippen molar-refractivity contribution in [1.82, 2.24) is 10.6 Å². The molecule has 8 nitrogen and oxygen atoms in total. The normalized spacial score (nSPS) is 16.0. The Bertz CT molecular complexity index is 971. The summed E-state index contributed by atoms with van der Waals surface area (Å²) in [7, 11) is 1.52. The lowest BCUT2D eigenvalue weighted by Crippen LogP contribution is -2.46. The number of methoxy groups -OCH3 is 1. The van der Waals surface area contributed by atoms with Gasteiger partial charge in [0.15, 0.2) is 11.5 Å². The molecule has 0 fully saturated rings. The SMILES string of the molecule is CCOc1cc(C2NC(=O)NC(C)=C2C(=O)Nc2ccccc2OC)ccc1O. The largest absolute Gasteiger partial charge is 0.504 e. The molecule has 0 spiro atoms. The first-order valence-corrected chi connectivity index (χ1v) is 9.13. The first-order chi connectivity index (χ1) is 13.9. The molecule has 8 heteroatoms. The van der Waals surface area contributed by atoms with Gasteiger partial charge >= 0.3 is 6.03 Å². The number of aromatic hydroxyl groups is 1. The molecule has 0 aromatic heterocycles. The summed E-state index contributed by atoms with van der Waals surface area (Å²) < 4.78 is 10.7. The average Bonchev–Trinajstić information content (AvgIpc) is 2.69. The summed E-state index contributed by atoms with van der Waals surface area (Å²) in [4.78, 5) is 25.2. The van der Waals surface area contributed by atoms with Crippen molar-refractivity contribution in [1.29, 1.82) is 0 Å². The Morgan fingerprint density at radius 3 is 2.69 bits per heavy atom. The Labute approximate surface area is 168 Å². The second-order valence-electron chi connectivity index (χ2n) is 6.38. The number of rotatable bonds is 6. The number of allylic oxidation sites excluding steroid dienone is 1. The van der Waals surface area contributed by atoms with E-state index in [-0.39, 0.29) is 11.5 Å². The number of carbonyl (C=O) groups excluding carboxylic acids is 2. The molecule has 1 heterocycles. The Kier molecular flexibility index (Phi) is 5.92. The molecule has 3 rings (SSSR count). The van der Waals surface area contributed by atoms with Crippen LogP contribution in [0.5, 0.6) is 17.2 Å². The van der Waals surface area contributed by atoms with Crippen LogP contribution < -0.4 is 25.4 Å². The maximum Gasteiger partial charge on any atom is 0.319 e. The fraction of sp³-hybridized carbons (Fsp3) is 0.238. The van der Waals surface area contributed by atoms with Gasteiger partial charge in [-0.2, -0.15) is 0 Å². The van der Waals surface area contributed by atoms with E-state index in [9.17, 15) is 14.7 Å². The van der Waals surface area contributed by atoms with Crippen LogP contribution in [0.1, 0.15) is 25.5 Å². The summed E-state index contributed by atoms with van der Waals surface area (Å²) in [6.45, 7) is 3.83. The lowest BCUT2D eigenvalue weighted by atomic mass is 9.94. The van der Waals surface area contributed by atoms with E-state index < -0.39 is 18.0 Å². The van der Waals surface area contributed by atoms with Gasteiger partial charge in [0.05, 0.1) is 31.0 Å². The molecular weight excluding hydrogens is 374 g/mol. The Morgan fingerprint density at radius 1 is 1.21 bits per heavy atom. The maximum atomic E-state index is 13.1. The van der Waals surface area contributed by atoms with Crippen LogP contribution in [-0.2, 0) is 4.79 Å². The number of amides is 3. The summed E-state index contributed by atoms with van der Waals surface area (Å²) in [5, 5.41) is 18.2. The fourth-order valence-electron chi connectivity index (χ4n) is 3.16. The van der Waals surface area contributed by atoms with E-state index in [1.54, 1.807) is 50.2 Å². The molecule has 0 radical (unpaired) electrons. The monoisotopic (exact) mass is 397 g/mol. The molecule has 3 amide bonds. The van der Waals surface area contributed by atoms with Crippen LogP contribution in [-0.4, -0.2) is 30.8 Å². The number of para-hydroxylation sites is 2. The van der Waals surface area contributed by atoms with Gasteiger partial charge in [0.25, 0.3) is 5.91 Å². The number of hydrogen-bond donors (Lipinski definition) is 4. The van der Waals surface area contributed by atoms with Crippen LogP contribution in [0.15, 0.2) is 53.7 Å². The smallest absolute Gasteiger partial charge is 0.319 e. The lowest BCUT2D eigenvalue weighted by Gasteiger charge is -2.29. The van der Waals surface area contributed by atoms with Crippen molar-refractivity contribution in [3.05, 3.63) is 59.3 Å². The summed E-state index contributed by atoms with van der Waals surface area (Å²) in [5.74, 6) is 0.388. The summed E-state index contributed by atoms with van der Waals surface area (Å²) in [5.41, 5.74) is 1.88. The van der Waals surface area contributed by atoms with E-state index >= 15 is 0 Å². The number of phenolic OH excluding ortho intramolecular Hbond substituents is 1. The number of urea groups is 1. The number of benzene rings is 2. The molecule has 29 heavy (non-hydrogen) atoms. The average molecular weight is 397 g/mol. The summed E-state index contributed by atoms with van der Waals surface area (Å²) >= 11 is 0. The van der Waals surface area contributed by atoms with Crippen molar-refractivity contribution in [3.8, 4) is 17.2 Å². The van der Waals surface area contributed by atoms with Crippen LogP contribution in [0, 0.1) is 0 Å². The van der Waals surface area contributed by atoms with E-state index in [0.717, 1.165) is 0 Å². The molecule has 2 aromatic carbocycles. The van der Waals surface area contributed by atoms with Gasteiger partial charge in [-0.25, -0.2) is 4.79 Å². The third kappa shape index (κ3) is 4.26. The van der Waals surface area contributed by atoms with Gasteiger partial charge in [0.1, 0.15) is 5.75 Å². The van der Waals surface area contributed by atoms with Crippen molar-refractivity contribution < 1.29 is 24.2 Å². The molecule has 152 valence electrons. The van der Waals surface area contributed by atoms with Crippen LogP contribution >= 0.6 is 0 Å². The number of ether oxygens (including phenoxy) is 2. The predicted molar refractivity (Wildman–Crippen MR) is 108 cm³/mol. The molecular formula is C21H23N3O5. The number of carbonyl (C=O) groups is 2. The highest BCUT2D eigenvalue weighted by molar-refractivity contribution is 6.07. The fourth-order valence-corrected chi connectivity index (χ4v) is 3.16. The highest BCUT2D eigenvalue weighted by atomic mass is 16.5. The lowest BCUT2D eigenvalue weighted by molar-refractivity contribution is -0.113. The molecule has 1 aliphatic rings. The second-order valence-corrected chi connectivity index (χ2v) is 6.38. The molecule has 4 N–H and O–H groups in total. The zero-order valence-corrected chi connectivity index (χ0v) is 16.4. The van der Waals surface area contributed by atoms with Crippen LogP contribution in [0.2, 0.25) is 0 Å². The van der Waals surface area contributed by atoms with Crippen molar-refractivity contribution in [2.75, 3.05) is 19.0 Å². The summed E-state index contributed by atoms with van der Waals surface area (Å²) in [6, 6.07) is 10.6. The molecule has 1 atom stereocenters. The molecule has 0 aliphatic carbocycles. The number of phenols is 1. The van der Waals surface area contributed by atoms with Crippen LogP contribution in [0.25, 0.3) is 0 Å². The van der Waals surface area contributed by atoms with Gasteiger partial charge in [0.2, 0.25) is 0 Å². The van der Waals surface area contributed by atoms with Crippen LogP contribution in [0.3, 0.4) is 0 Å². The third-order valence-corrected chi connectivity index (χ3v) is 4.49. The minimum atomic E-state index is -0.724. The molecule has 1 unspecified atom stereocenters. The van der Waals surface area contributed by atoms with Gasteiger partial charge in [-0.1, -0.05) is 18.2 Å². The van der Waals surface area contributed by atoms with Gasteiger partial charge in [-0.05, 0) is 43.7 Å². The summed E-state index contributed by atoms with van der Waals surface area (Å²) in [6.07, 6.45) is 0. The Balaban J connectivity index is 1.98. The van der Waals surface area contributed by atoms with Crippen molar-refractivity contribution >= 4 is 17.6 Å². The quantitative estimate of drug-likeness (QED) is 0.599. The second kappa shape index (κ2) is 8.55. The van der Waals surface area contributed by atoms with Gasteiger partial charge in [-0.3, -0.25) is 4.79 Å². The van der Waals surface area contributed by atoms with E-state index in [1.165, 1.54) is 13.2 Å². The maximum absolute atomic E-state index is 13.1. The Hall–Kier alpha value is -3.68. The Morgan fingerprint density at radius 2 is 1.97 bits per heavy atom. The minimum absolute atomic E-state index is 0.0171. The van der Waals surface area contributed by atoms with E-state index in [4.69, 9.17) is 9.47 Å². The topological polar surface area (TPSA) is 109 Å². The predicted octanol–water partition coefficient (Wildman–Crippen LogP) is 3.07. The van der Waals surface area contributed by atoms with E-state index in [1.807, 2.05) is 0 Å². The molecule has 0 saturated carbocycles. The standard InChI is InChI=1S/C21H23N3O5/c1-4-29-17-11-13(9-10-15(17)25)19-18(12(2)22-21(27)24-19)20(26)23-14-7-5-6-8-16(14)28-3/h5-11,19,25H,4H2,1-3H3,(H,23,26)(H2,22,24,27). The molecule has 2 aromatic rings. The van der Waals surface area contributed by atoms with E-state index in [2.05, 4.69) is 16.0 Å². The molecule has 0 saturated heterocycles. The van der Waals surface area contributed by atoms with Crippen LogP contribution in [0.4, 0.5) is 10.5 Å². The van der Waals surface area contributed by atoms with Crippen molar-refractivity contribution in [2.24, 2.45) is 0 Å². The minimum Gasteiger partial charge on any atom is -0.504 e. The molecule has 0 bridgehead atoms. The van der Waals surface area contributed by atoms with E-state index in [0.29, 0.717) is 34.9 Å². The van der Waals surface area contributed by atoms with Crippen molar-refractivity contribution in [2.45, 2.75) is 19.9 Å². The zero-order chi connectivity index (χ0) is 21.0. The number of anilines is 1. The first-order valence-electron chi connectivity index (χ1n) is 9.13. The van der Waals surface area contributed by atoms with Crippen molar-refractivity contribution in [3.63, 3.8) is 0 Å². The highest BCUT2D eigenvalue weighted by Crippen LogP contribution is 2.34. The highest BCUT2D eigenvalue weighted by Gasteiger charge is 2.32. The molecule has 1 aliphatic heterocycles. The third-order valence-electron chi connectivity index (χ3n) is 4.49. The van der Waals surface area contributed by atoms with Gasteiger partial charge < -0.3 is 30.5 Å². The zero-order valence-electron chi connectivity index (χ0n) is 16.4. The number of hydrogen-bond acceptors (Lipinski definition) is 5. The van der Waals surface area contributed by atoms with Gasteiger partial charge in [0, 0.05) is 5.70 Å². The number of nitrogens with one attached hydrogen (secondary N) is 3. The first kappa shape index (κ1) is 20.1.